The summed E-state index contributed by atoms with van der Waals surface area (Å²) in [6.45, 7) is 5.17. The smallest absolute Gasteiger partial charge is 0.123 e. The summed E-state index contributed by atoms with van der Waals surface area (Å²) in [4.78, 5) is 0. The zero-order chi connectivity index (χ0) is 15.7. The fraction of sp³-hybridized carbons (Fsp3) is 0.278. The molecule has 0 radical (unpaired) electrons. The summed E-state index contributed by atoms with van der Waals surface area (Å²) in [5.41, 5.74) is 2.52. The molecule has 0 bridgehead atoms. The molecule has 1 N–H and O–H groups in total. The number of nitrogens with zero attached hydrogens (tertiary/aromatic N) is 2. The van der Waals surface area contributed by atoms with Crippen molar-refractivity contribution in [2.75, 3.05) is 0 Å². The van der Waals surface area contributed by atoms with Crippen molar-refractivity contribution in [2.45, 2.75) is 26.5 Å². The molecule has 0 spiro atoms. The zero-order valence-electron chi connectivity index (χ0n) is 12.7. The molecule has 22 heavy (non-hydrogen) atoms. The maximum absolute atomic E-state index is 13.0. The van der Waals surface area contributed by atoms with E-state index in [0.717, 1.165) is 23.0 Å². The quantitative estimate of drug-likeness (QED) is 0.793. The minimum atomic E-state index is -0.765. The van der Waals surface area contributed by atoms with Crippen LogP contribution in [0.2, 0.25) is 0 Å². The van der Waals surface area contributed by atoms with Crippen LogP contribution in [0.15, 0.2) is 48.7 Å². The molecule has 0 aliphatic carbocycles. The zero-order valence-corrected chi connectivity index (χ0v) is 12.7. The highest BCUT2D eigenvalue weighted by Crippen LogP contribution is 2.26. The van der Waals surface area contributed by atoms with E-state index in [4.69, 9.17) is 0 Å². The van der Waals surface area contributed by atoms with Gasteiger partial charge < -0.3 is 5.11 Å². The van der Waals surface area contributed by atoms with Crippen molar-refractivity contribution < 1.29 is 9.50 Å². The Morgan fingerprint density at radius 2 is 1.77 bits per heavy atom. The molecule has 0 amide bonds. The number of aromatic nitrogens is 2. The molecule has 3 aromatic rings. The number of hydrogen-bond acceptors (Lipinski definition) is 2. The summed E-state index contributed by atoms with van der Waals surface area (Å²) in [5.74, 6) is 0.217. The lowest BCUT2D eigenvalue weighted by atomic mass is 10.0. The molecular formula is C18H19FN2O. The van der Waals surface area contributed by atoms with Gasteiger partial charge in [-0.15, -0.1) is 0 Å². The van der Waals surface area contributed by atoms with E-state index in [1.54, 1.807) is 12.1 Å². The number of benzene rings is 2. The van der Waals surface area contributed by atoms with Crippen molar-refractivity contribution in [2.24, 2.45) is 5.92 Å². The molecule has 4 heteroatoms. The van der Waals surface area contributed by atoms with E-state index in [1.807, 2.05) is 29.1 Å². The second-order valence-corrected chi connectivity index (χ2v) is 5.99. The first-order chi connectivity index (χ1) is 10.5. The highest BCUT2D eigenvalue weighted by molar-refractivity contribution is 5.79. The molecule has 114 valence electrons. The molecule has 0 saturated carbocycles. The maximum atomic E-state index is 13.0. The van der Waals surface area contributed by atoms with Crippen LogP contribution >= 0.6 is 0 Å². The number of rotatable bonds is 4. The van der Waals surface area contributed by atoms with E-state index in [9.17, 15) is 9.50 Å². The Balaban J connectivity index is 1.93. The first-order valence-corrected chi connectivity index (χ1v) is 7.43. The molecule has 1 atom stereocenters. The second-order valence-electron chi connectivity index (χ2n) is 5.99. The number of fused-ring (bicyclic) bond motifs is 1. The largest absolute Gasteiger partial charge is 0.384 e. The molecule has 2 aromatic carbocycles. The summed E-state index contributed by atoms with van der Waals surface area (Å²) < 4.78 is 15.0. The van der Waals surface area contributed by atoms with Gasteiger partial charge in [0.25, 0.3) is 0 Å². The third-order valence-corrected chi connectivity index (χ3v) is 3.71. The lowest BCUT2D eigenvalue weighted by Gasteiger charge is -2.12. The first kappa shape index (κ1) is 14.7. The lowest BCUT2D eigenvalue weighted by molar-refractivity contribution is 0.220. The van der Waals surface area contributed by atoms with Crippen molar-refractivity contribution in [3.05, 3.63) is 65.6 Å². The average Bonchev–Trinajstić information content (AvgIpc) is 2.89. The van der Waals surface area contributed by atoms with Crippen LogP contribution in [-0.4, -0.2) is 14.9 Å². The first-order valence-electron chi connectivity index (χ1n) is 7.43. The highest BCUT2D eigenvalue weighted by atomic mass is 19.1. The average molecular weight is 298 g/mol. The number of aliphatic hydroxyl groups is 1. The van der Waals surface area contributed by atoms with Gasteiger partial charge in [-0.05, 0) is 41.3 Å². The van der Waals surface area contributed by atoms with Crippen LogP contribution in [-0.2, 0) is 6.54 Å². The Morgan fingerprint density at radius 1 is 1.09 bits per heavy atom. The van der Waals surface area contributed by atoms with Crippen molar-refractivity contribution >= 4 is 10.9 Å². The van der Waals surface area contributed by atoms with E-state index >= 15 is 0 Å². The molecule has 1 heterocycles. The van der Waals surface area contributed by atoms with Gasteiger partial charge in [0.05, 0.1) is 11.7 Å². The second kappa shape index (κ2) is 5.89. The predicted molar refractivity (Wildman–Crippen MR) is 85.0 cm³/mol. The van der Waals surface area contributed by atoms with Gasteiger partial charge >= 0.3 is 0 Å². The van der Waals surface area contributed by atoms with E-state index in [2.05, 4.69) is 18.9 Å². The van der Waals surface area contributed by atoms with Crippen molar-refractivity contribution in [3.8, 4) is 0 Å². The fourth-order valence-electron chi connectivity index (χ4n) is 2.60. The van der Waals surface area contributed by atoms with Crippen LogP contribution in [0.1, 0.15) is 31.1 Å². The standard InChI is InChI=1S/C18H19FN2O/c1-12(2)11-21-17-8-5-14(9-15(17)10-20-21)18(22)13-3-6-16(19)7-4-13/h3-10,12,18,22H,11H2,1-2H3/t18-/m0/s1. The summed E-state index contributed by atoms with van der Waals surface area (Å²) in [6.07, 6.45) is 1.05. The minimum Gasteiger partial charge on any atom is -0.384 e. The van der Waals surface area contributed by atoms with Gasteiger partial charge in [0.1, 0.15) is 11.9 Å². The monoisotopic (exact) mass is 298 g/mol. The highest BCUT2D eigenvalue weighted by Gasteiger charge is 2.13. The van der Waals surface area contributed by atoms with Gasteiger partial charge in [-0.1, -0.05) is 32.0 Å². The normalized spacial score (nSPS) is 13.0. The summed E-state index contributed by atoms with van der Waals surface area (Å²) in [6, 6.07) is 11.7. The molecule has 0 unspecified atom stereocenters. The topological polar surface area (TPSA) is 38.0 Å². The third kappa shape index (κ3) is 2.88. The van der Waals surface area contributed by atoms with Gasteiger partial charge in [-0.2, -0.15) is 5.10 Å². The molecule has 0 aliphatic rings. The van der Waals surface area contributed by atoms with Gasteiger partial charge in [-0.3, -0.25) is 4.68 Å². The van der Waals surface area contributed by atoms with Crippen LogP contribution < -0.4 is 0 Å². The summed E-state index contributed by atoms with van der Waals surface area (Å²) in [7, 11) is 0. The van der Waals surface area contributed by atoms with Crippen LogP contribution in [0.3, 0.4) is 0 Å². The van der Waals surface area contributed by atoms with E-state index in [-0.39, 0.29) is 5.82 Å². The Bertz CT molecular complexity index is 777. The Labute approximate surface area is 129 Å². The molecule has 3 rings (SSSR count). The van der Waals surface area contributed by atoms with Gasteiger partial charge in [0.15, 0.2) is 0 Å². The number of hydrogen-bond donors (Lipinski definition) is 1. The predicted octanol–water partition coefficient (Wildman–Crippen LogP) is 3.91. The number of aliphatic hydroxyl groups excluding tert-OH is 1. The van der Waals surface area contributed by atoms with Crippen LogP contribution in [0.4, 0.5) is 4.39 Å². The van der Waals surface area contributed by atoms with E-state index in [0.29, 0.717) is 11.5 Å². The molecule has 1 aromatic heterocycles. The van der Waals surface area contributed by atoms with Crippen molar-refractivity contribution in [3.63, 3.8) is 0 Å². The summed E-state index contributed by atoms with van der Waals surface area (Å²) in [5, 5.41) is 15.8. The molecular weight excluding hydrogens is 279 g/mol. The lowest BCUT2D eigenvalue weighted by Crippen LogP contribution is -2.05. The van der Waals surface area contributed by atoms with Crippen molar-refractivity contribution in [1.82, 2.24) is 9.78 Å². The van der Waals surface area contributed by atoms with Crippen molar-refractivity contribution in [1.29, 1.82) is 0 Å². The Hall–Kier alpha value is -2.20. The SMILES string of the molecule is CC(C)Cn1ncc2cc([C@@H](O)c3ccc(F)cc3)ccc21. The van der Waals surface area contributed by atoms with Crippen LogP contribution in [0.5, 0.6) is 0 Å². The van der Waals surface area contributed by atoms with Gasteiger partial charge in [-0.25, -0.2) is 4.39 Å². The number of halogens is 1. The Morgan fingerprint density at radius 3 is 2.45 bits per heavy atom. The molecule has 0 aliphatic heterocycles. The van der Waals surface area contributed by atoms with E-state index in [1.165, 1.54) is 12.1 Å². The Kier molecular flexibility index (Phi) is 3.94. The maximum Gasteiger partial charge on any atom is 0.123 e. The molecule has 3 nitrogen and oxygen atoms in total. The fourth-order valence-corrected chi connectivity index (χ4v) is 2.60. The van der Waals surface area contributed by atoms with Crippen LogP contribution in [0.25, 0.3) is 10.9 Å². The van der Waals surface area contributed by atoms with E-state index < -0.39 is 6.10 Å². The van der Waals surface area contributed by atoms with Crippen LogP contribution in [0, 0.1) is 11.7 Å². The molecule has 0 fully saturated rings. The third-order valence-electron chi connectivity index (χ3n) is 3.71. The van der Waals surface area contributed by atoms with Gasteiger partial charge in [0.2, 0.25) is 0 Å². The van der Waals surface area contributed by atoms with Gasteiger partial charge in [0, 0.05) is 11.9 Å². The summed E-state index contributed by atoms with van der Waals surface area (Å²) >= 11 is 0. The molecule has 0 saturated heterocycles. The minimum absolute atomic E-state index is 0.304.